The number of fused-ring (bicyclic) bond motifs is 1. The van der Waals surface area contributed by atoms with E-state index in [-0.39, 0.29) is 5.91 Å². The SMILES string of the molecule is Cc1cncc(C(=O)N2CCC3(CCC(N(C)c4ncnc5[nH]ccc45)CC3)CC2)n1. The van der Waals surface area contributed by atoms with Gasteiger partial charge in [0.05, 0.1) is 17.3 Å². The molecule has 5 rings (SSSR count). The Morgan fingerprint density at radius 2 is 1.94 bits per heavy atom. The molecule has 3 aromatic rings. The molecule has 0 unspecified atom stereocenters. The number of nitrogens with one attached hydrogen (secondary N) is 1. The molecule has 31 heavy (non-hydrogen) atoms. The highest BCUT2D eigenvalue weighted by atomic mass is 16.2. The van der Waals surface area contributed by atoms with Gasteiger partial charge < -0.3 is 14.8 Å². The Morgan fingerprint density at radius 1 is 1.16 bits per heavy atom. The number of aromatic amines is 1. The summed E-state index contributed by atoms with van der Waals surface area (Å²) in [6, 6.07) is 2.54. The lowest BCUT2D eigenvalue weighted by molar-refractivity contribution is 0.0444. The summed E-state index contributed by atoms with van der Waals surface area (Å²) in [7, 11) is 2.15. The zero-order valence-electron chi connectivity index (χ0n) is 18.2. The number of aryl methyl sites for hydroxylation is 1. The van der Waals surface area contributed by atoms with Crippen LogP contribution in [0.3, 0.4) is 0 Å². The molecule has 1 saturated heterocycles. The third-order valence-electron chi connectivity index (χ3n) is 7.32. The van der Waals surface area contributed by atoms with Crippen LogP contribution in [0.25, 0.3) is 11.0 Å². The molecule has 2 fully saturated rings. The van der Waals surface area contributed by atoms with Gasteiger partial charge in [0.15, 0.2) is 0 Å². The smallest absolute Gasteiger partial charge is 0.274 e. The van der Waals surface area contributed by atoms with Gasteiger partial charge >= 0.3 is 0 Å². The molecule has 1 N–H and O–H groups in total. The second-order valence-electron chi connectivity index (χ2n) is 9.12. The summed E-state index contributed by atoms with van der Waals surface area (Å²) in [4.78, 5) is 37.6. The number of carbonyl (C=O) groups is 1. The lowest BCUT2D eigenvalue weighted by Gasteiger charge is -2.47. The van der Waals surface area contributed by atoms with Gasteiger partial charge in [-0.15, -0.1) is 0 Å². The van der Waals surface area contributed by atoms with Crippen molar-refractivity contribution >= 4 is 22.8 Å². The zero-order chi connectivity index (χ0) is 21.4. The molecular formula is C23H29N7O. The predicted octanol–water partition coefficient (Wildman–Crippen LogP) is 3.36. The minimum absolute atomic E-state index is 0.0127. The zero-order valence-corrected chi connectivity index (χ0v) is 18.2. The molecule has 4 heterocycles. The van der Waals surface area contributed by atoms with Crippen LogP contribution in [0.5, 0.6) is 0 Å². The molecular weight excluding hydrogens is 390 g/mol. The fourth-order valence-corrected chi connectivity index (χ4v) is 5.33. The molecule has 0 aromatic carbocycles. The fraction of sp³-hybridized carbons (Fsp3) is 0.522. The van der Waals surface area contributed by atoms with Crippen molar-refractivity contribution in [2.45, 2.75) is 51.5 Å². The highest BCUT2D eigenvalue weighted by molar-refractivity contribution is 5.92. The highest BCUT2D eigenvalue weighted by Crippen LogP contribution is 2.46. The molecule has 1 saturated carbocycles. The standard InChI is InChI=1S/C23H29N7O/c1-16-13-24-14-19(28-16)22(31)30-11-8-23(9-12-30)6-3-17(4-7-23)29(2)21-18-5-10-25-20(18)26-15-27-21/h5,10,13-15,17H,3-4,6-9,11-12H2,1-2H3,(H,25,26,27). The molecule has 1 aliphatic heterocycles. The number of piperidine rings is 1. The van der Waals surface area contributed by atoms with E-state index in [9.17, 15) is 4.79 Å². The second kappa shape index (κ2) is 7.90. The molecule has 2 aliphatic rings. The van der Waals surface area contributed by atoms with E-state index < -0.39 is 0 Å². The number of anilines is 1. The molecule has 0 atom stereocenters. The van der Waals surface area contributed by atoms with Gasteiger partial charge in [0.2, 0.25) is 0 Å². The number of likely N-dealkylation sites (tertiary alicyclic amines) is 1. The van der Waals surface area contributed by atoms with Crippen LogP contribution in [-0.4, -0.2) is 61.9 Å². The molecule has 1 aliphatic carbocycles. The van der Waals surface area contributed by atoms with Crippen molar-refractivity contribution in [3.63, 3.8) is 0 Å². The second-order valence-corrected chi connectivity index (χ2v) is 9.12. The monoisotopic (exact) mass is 419 g/mol. The van der Waals surface area contributed by atoms with Crippen LogP contribution in [-0.2, 0) is 0 Å². The third-order valence-corrected chi connectivity index (χ3v) is 7.32. The maximum absolute atomic E-state index is 12.8. The Bertz CT molecular complexity index is 1080. The topological polar surface area (TPSA) is 90.9 Å². The van der Waals surface area contributed by atoms with Crippen LogP contribution in [0, 0.1) is 12.3 Å². The van der Waals surface area contributed by atoms with Crippen LogP contribution in [0.1, 0.15) is 54.7 Å². The number of rotatable bonds is 3. The van der Waals surface area contributed by atoms with Gasteiger partial charge in [-0.25, -0.2) is 15.0 Å². The van der Waals surface area contributed by atoms with Crippen LogP contribution in [0.2, 0.25) is 0 Å². The Labute approximate surface area is 182 Å². The van der Waals surface area contributed by atoms with Crippen LogP contribution in [0.15, 0.2) is 31.0 Å². The molecule has 1 amide bonds. The molecule has 3 aromatic heterocycles. The Balaban J connectivity index is 1.20. The van der Waals surface area contributed by atoms with Crippen molar-refractivity contribution in [2.24, 2.45) is 5.41 Å². The van der Waals surface area contributed by atoms with Crippen LogP contribution < -0.4 is 4.90 Å². The minimum Gasteiger partial charge on any atom is -0.356 e. The summed E-state index contributed by atoms with van der Waals surface area (Å²) >= 11 is 0. The lowest BCUT2D eigenvalue weighted by Crippen LogP contribution is -2.47. The van der Waals surface area contributed by atoms with Gasteiger partial charge in [0.1, 0.15) is 23.5 Å². The molecule has 0 radical (unpaired) electrons. The van der Waals surface area contributed by atoms with E-state index in [0.717, 1.165) is 61.3 Å². The van der Waals surface area contributed by atoms with Crippen molar-refractivity contribution in [1.29, 1.82) is 0 Å². The number of aromatic nitrogens is 5. The van der Waals surface area contributed by atoms with Crippen LogP contribution >= 0.6 is 0 Å². The number of H-pyrrole nitrogens is 1. The first-order valence-corrected chi connectivity index (χ1v) is 11.1. The number of hydrogen-bond donors (Lipinski definition) is 1. The average Bonchev–Trinajstić information content (AvgIpc) is 3.28. The van der Waals surface area contributed by atoms with Crippen molar-refractivity contribution in [3.8, 4) is 0 Å². The van der Waals surface area contributed by atoms with Crippen molar-refractivity contribution in [2.75, 3.05) is 25.0 Å². The molecule has 8 nitrogen and oxygen atoms in total. The van der Waals surface area contributed by atoms with Crippen LogP contribution in [0.4, 0.5) is 5.82 Å². The number of carbonyl (C=O) groups excluding carboxylic acids is 1. The van der Waals surface area contributed by atoms with Gasteiger partial charge in [-0.1, -0.05) is 0 Å². The summed E-state index contributed by atoms with van der Waals surface area (Å²) in [5.41, 5.74) is 2.49. The summed E-state index contributed by atoms with van der Waals surface area (Å²) in [5, 5.41) is 1.08. The first-order valence-electron chi connectivity index (χ1n) is 11.1. The highest BCUT2D eigenvalue weighted by Gasteiger charge is 2.40. The molecule has 0 bridgehead atoms. The maximum Gasteiger partial charge on any atom is 0.274 e. The summed E-state index contributed by atoms with van der Waals surface area (Å²) < 4.78 is 0. The Morgan fingerprint density at radius 3 is 2.68 bits per heavy atom. The van der Waals surface area contributed by atoms with E-state index in [2.05, 4.69) is 42.9 Å². The van der Waals surface area contributed by atoms with E-state index in [1.165, 1.54) is 12.8 Å². The van der Waals surface area contributed by atoms with E-state index in [4.69, 9.17) is 0 Å². The Kier molecular flexibility index (Phi) is 5.08. The molecule has 162 valence electrons. The van der Waals surface area contributed by atoms with Crippen molar-refractivity contribution < 1.29 is 4.79 Å². The first-order chi connectivity index (χ1) is 15.0. The van der Waals surface area contributed by atoms with Gasteiger partial charge in [0, 0.05) is 38.6 Å². The van der Waals surface area contributed by atoms with E-state index in [0.29, 0.717) is 17.2 Å². The fourth-order valence-electron chi connectivity index (χ4n) is 5.33. The molecule has 1 spiro atoms. The lowest BCUT2D eigenvalue weighted by atomic mass is 9.66. The maximum atomic E-state index is 12.8. The molecule has 8 heteroatoms. The van der Waals surface area contributed by atoms with E-state index >= 15 is 0 Å². The van der Waals surface area contributed by atoms with E-state index in [1.807, 2.05) is 18.0 Å². The number of amides is 1. The quantitative estimate of drug-likeness (QED) is 0.700. The van der Waals surface area contributed by atoms with Gasteiger partial charge in [-0.2, -0.15) is 0 Å². The summed E-state index contributed by atoms with van der Waals surface area (Å²) in [6.45, 7) is 3.49. The predicted molar refractivity (Wildman–Crippen MR) is 119 cm³/mol. The van der Waals surface area contributed by atoms with Gasteiger partial charge in [-0.05, 0) is 56.9 Å². The van der Waals surface area contributed by atoms with Crippen molar-refractivity contribution in [1.82, 2.24) is 29.8 Å². The van der Waals surface area contributed by atoms with Gasteiger partial charge in [-0.3, -0.25) is 9.78 Å². The minimum atomic E-state index is 0.0127. The summed E-state index contributed by atoms with van der Waals surface area (Å²) in [6.07, 6.45) is 13.7. The van der Waals surface area contributed by atoms with Gasteiger partial charge in [0.25, 0.3) is 5.91 Å². The summed E-state index contributed by atoms with van der Waals surface area (Å²) in [5.74, 6) is 1.02. The van der Waals surface area contributed by atoms with E-state index in [1.54, 1.807) is 18.7 Å². The average molecular weight is 420 g/mol. The number of nitrogens with zero attached hydrogens (tertiary/aromatic N) is 6. The number of hydrogen-bond acceptors (Lipinski definition) is 6. The third kappa shape index (κ3) is 3.75. The first kappa shape index (κ1) is 19.9. The Hall–Kier alpha value is -3.03. The normalized spacial score (nSPS) is 19.1. The largest absolute Gasteiger partial charge is 0.356 e. The van der Waals surface area contributed by atoms with Crippen molar-refractivity contribution in [3.05, 3.63) is 42.4 Å².